The molecular weight excluding hydrogens is 199 g/mol. The van der Waals surface area contributed by atoms with Crippen LogP contribution in [0.15, 0.2) is 12.7 Å². The number of allylic oxidation sites excluding steroid dienone is 1. The largest absolute Gasteiger partial charge is 0.325 e. The van der Waals surface area contributed by atoms with Gasteiger partial charge in [0, 0.05) is 5.41 Å². The second-order valence-corrected chi connectivity index (χ2v) is 5.63. The van der Waals surface area contributed by atoms with Crippen LogP contribution in [0.25, 0.3) is 0 Å². The molecule has 0 heterocycles. The van der Waals surface area contributed by atoms with E-state index in [-0.39, 0.29) is 12.1 Å². The highest BCUT2D eigenvalue weighted by Gasteiger charge is 2.32. The maximum atomic E-state index is 10.9. The Morgan fingerprint density at radius 1 is 1.64 bits per heavy atom. The highest BCUT2D eigenvalue weighted by Crippen LogP contribution is 2.43. The number of terminal acetylenes is 1. The zero-order chi connectivity index (χ0) is 11.4. The van der Waals surface area contributed by atoms with E-state index in [0.717, 1.165) is 0 Å². The van der Waals surface area contributed by atoms with E-state index >= 15 is 0 Å². The van der Waals surface area contributed by atoms with Crippen LogP contribution < -0.4 is 0 Å². The van der Waals surface area contributed by atoms with Crippen molar-refractivity contribution in [1.82, 2.24) is 0 Å². The molecule has 0 aliphatic rings. The summed E-state index contributed by atoms with van der Waals surface area (Å²) in [6.07, 6.45) is 7.29. The third-order valence-corrected chi connectivity index (χ3v) is 3.22. The van der Waals surface area contributed by atoms with Gasteiger partial charge in [-0.3, -0.25) is 4.57 Å². The Labute approximate surface area is 85.4 Å². The second kappa shape index (κ2) is 4.79. The van der Waals surface area contributed by atoms with Crippen molar-refractivity contribution in [1.29, 1.82) is 0 Å². The van der Waals surface area contributed by atoms with E-state index in [1.807, 2.05) is 0 Å². The lowest BCUT2D eigenvalue weighted by atomic mass is 9.79. The molecule has 0 saturated carbocycles. The van der Waals surface area contributed by atoms with Gasteiger partial charge in [0.15, 0.2) is 0 Å². The van der Waals surface area contributed by atoms with Crippen molar-refractivity contribution in [2.45, 2.75) is 20.3 Å². The number of hydrogen-bond acceptors (Lipinski definition) is 1. The van der Waals surface area contributed by atoms with E-state index in [1.54, 1.807) is 19.9 Å². The summed E-state index contributed by atoms with van der Waals surface area (Å²) in [5.41, 5.74) is -0.519. The standard InChI is InChI=1S/C10H17O3P/c1-5-7-9(8-14(11,12)13)10(3,4)6-2/h2,5,9H,1,7-8H2,3-4H3,(H2,11,12,13). The first-order valence-corrected chi connectivity index (χ1v) is 6.16. The van der Waals surface area contributed by atoms with Gasteiger partial charge in [-0.25, -0.2) is 0 Å². The highest BCUT2D eigenvalue weighted by atomic mass is 31.2. The van der Waals surface area contributed by atoms with Crippen LogP contribution >= 0.6 is 7.60 Å². The lowest BCUT2D eigenvalue weighted by molar-refractivity contribution is 0.296. The monoisotopic (exact) mass is 216 g/mol. The number of hydrogen-bond donors (Lipinski definition) is 2. The summed E-state index contributed by atoms with van der Waals surface area (Å²) in [7, 11) is -4.00. The predicted octanol–water partition coefficient (Wildman–Crippen LogP) is 2.02. The predicted molar refractivity (Wildman–Crippen MR) is 57.8 cm³/mol. The van der Waals surface area contributed by atoms with Gasteiger partial charge < -0.3 is 9.79 Å². The first-order valence-electron chi connectivity index (χ1n) is 4.36. The highest BCUT2D eigenvalue weighted by molar-refractivity contribution is 7.51. The minimum absolute atomic E-state index is 0.184. The first kappa shape index (κ1) is 13.4. The van der Waals surface area contributed by atoms with Crippen molar-refractivity contribution in [2.75, 3.05) is 6.16 Å². The zero-order valence-electron chi connectivity index (χ0n) is 8.60. The molecule has 1 unspecified atom stereocenters. The van der Waals surface area contributed by atoms with Crippen LogP contribution in [0.4, 0.5) is 0 Å². The summed E-state index contributed by atoms with van der Waals surface area (Å²) < 4.78 is 10.9. The van der Waals surface area contributed by atoms with Crippen LogP contribution in [0.5, 0.6) is 0 Å². The summed E-state index contributed by atoms with van der Waals surface area (Å²) >= 11 is 0. The fourth-order valence-electron chi connectivity index (χ4n) is 1.20. The van der Waals surface area contributed by atoms with Crippen molar-refractivity contribution in [3.05, 3.63) is 12.7 Å². The van der Waals surface area contributed by atoms with Gasteiger partial charge in [0.25, 0.3) is 0 Å². The van der Waals surface area contributed by atoms with Gasteiger partial charge in [0.05, 0.1) is 6.16 Å². The van der Waals surface area contributed by atoms with Gasteiger partial charge in [-0.2, -0.15) is 0 Å². The van der Waals surface area contributed by atoms with E-state index in [2.05, 4.69) is 12.5 Å². The van der Waals surface area contributed by atoms with Crippen molar-refractivity contribution in [3.63, 3.8) is 0 Å². The maximum absolute atomic E-state index is 10.9. The van der Waals surface area contributed by atoms with Gasteiger partial charge in [0.1, 0.15) is 0 Å². The van der Waals surface area contributed by atoms with E-state index in [0.29, 0.717) is 6.42 Å². The fraction of sp³-hybridized carbons (Fsp3) is 0.600. The van der Waals surface area contributed by atoms with Crippen LogP contribution in [-0.2, 0) is 4.57 Å². The van der Waals surface area contributed by atoms with Gasteiger partial charge in [-0.05, 0) is 26.2 Å². The van der Waals surface area contributed by atoms with Gasteiger partial charge in [-0.1, -0.05) is 6.08 Å². The van der Waals surface area contributed by atoms with Gasteiger partial charge in [0.2, 0.25) is 0 Å². The Kier molecular flexibility index (Phi) is 4.61. The lowest BCUT2D eigenvalue weighted by Gasteiger charge is -2.28. The third kappa shape index (κ3) is 4.62. The molecule has 0 bridgehead atoms. The minimum Gasteiger partial charge on any atom is -0.324 e. The molecule has 0 aliphatic heterocycles. The van der Waals surface area contributed by atoms with Crippen molar-refractivity contribution >= 4 is 7.60 Å². The third-order valence-electron chi connectivity index (χ3n) is 2.30. The Balaban J connectivity index is 4.71. The topological polar surface area (TPSA) is 57.5 Å². The molecular formula is C10H17O3P. The first-order chi connectivity index (χ1) is 6.23. The Morgan fingerprint density at radius 3 is 2.43 bits per heavy atom. The van der Waals surface area contributed by atoms with Crippen LogP contribution in [0.3, 0.4) is 0 Å². The summed E-state index contributed by atoms with van der Waals surface area (Å²) in [5, 5.41) is 0. The van der Waals surface area contributed by atoms with Crippen LogP contribution in [0.1, 0.15) is 20.3 Å². The Morgan fingerprint density at radius 2 is 2.14 bits per heavy atom. The molecule has 0 rings (SSSR count). The molecule has 3 nitrogen and oxygen atoms in total. The minimum atomic E-state index is -4.00. The maximum Gasteiger partial charge on any atom is 0.325 e. The van der Waals surface area contributed by atoms with Crippen LogP contribution in [-0.4, -0.2) is 15.9 Å². The molecule has 0 aromatic rings. The SMILES string of the molecule is C#CC(C)(C)C(CC=C)CP(=O)(O)O. The summed E-state index contributed by atoms with van der Waals surface area (Å²) in [6.45, 7) is 7.16. The van der Waals surface area contributed by atoms with E-state index < -0.39 is 13.0 Å². The average Bonchev–Trinajstić information content (AvgIpc) is 2.01. The normalized spacial score (nSPS) is 14.5. The molecule has 0 saturated heterocycles. The second-order valence-electron chi connectivity index (χ2n) is 3.93. The molecule has 1 atom stereocenters. The molecule has 14 heavy (non-hydrogen) atoms. The number of rotatable bonds is 5. The Bertz CT molecular complexity index is 282. The van der Waals surface area contributed by atoms with Crippen LogP contribution in [0, 0.1) is 23.7 Å². The molecule has 2 N–H and O–H groups in total. The summed E-state index contributed by atoms with van der Waals surface area (Å²) in [5.74, 6) is 2.33. The smallest absolute Gasteiger partial charge is 0.324 e. The molecule has 0 amide bonds. The zero-order valence-corrected chi connectivity index (χ0v) is 9.50. The van der Waals surface area contributed by atoms with Crippen molar-refractivity contribution in [3.8, 4) is 12.3 Å². The van der Waals surface area contributed by atoms with E-state index in [1.165, 1.54) is 0 Å². The van der Waals surface area contributed by atoms with Gasteiger partial charge >= 0.3 is 7.60 Å². The molecule has 0 aliphatic carbocycles. The van der Waals surface area contributed by atoms with E-state index in [9.17, 15) is 4.57 Å². The molecule has 0 aromatic carbocycles. The summed E-state index contributed by atoms with van der Waals surface area (Å²) in [6, 6.07) is 0. The van der Waals surface area contributed by atoms with Crippen LogP contribution in [0.2, 0.25) is 0 Å². The molecule has 0 aromatic heterocycles. The molecule has 80 valence electrons. The quantitative estimate of drug-likeness (QED) is 0.420. The van der Waals surface area contributed by atoms with E-state index in [4.69, 9.17) is 16.2 Å². The van der Waals surface area contributed by atoms with Gasteiger partial charge in [-0.15, -0.1) is 18.9 Å². The Hall–Kier alpha value is -0.550. The average molecular weight is 216 g/mol. The molecule has 0 fully saturated rings. The molecule has 0 spiro atoms. The molecule has 4 heteroatoms. The lowest BCUT2D eigenvalue weighted by Crippen LogP contribution is -2.25. The fourth-order valence-corrected chi connectivity index (χ4v) is 2.38. The van der Waals surface area contributed by atoms with Crippen molar-refractivity contribution < 1.29 is 14.4 Å². The van der Waals surface area contributed by atoms with Crippen molar-refractivity contribution in [2.24, 2.45) is 11.3 Å². The summed E-state index contributed by atoms with van der Waals surface area (Å²) in [4.78, 5) is 17.8. The molecule has 0 radical (unpaired) electrons.